The molecule has 3 N–H and O–H groups in total. The second-order valence-corrected chi connectivity index (χ2v) is 9.78. The lowest BCUT2D eigenvalue weighted by Gasteiger charge is -2.60. The number of phenolic OH excluding ortho intramolecular Hbond substituents is 3. The van der Waals surface area contributed by atoms with E-state index in [2.05, 4.69) is 27.7 Å². The number of rotatable bonds is 7. The minimum absolute atomic E-state index is 0.184. The highest BCUT2D eigenvalue weighted by atomic mass is 16.3. The van der Waals surface area contributed by atoms with Crippen LogP contribution in [-0.4, -0.2) is 27.9 Å². The van der Waals surface area contributed by atoms with Crippen molar-refractivity contribution in [3.63, 3.8) is 0 Å². The van der Waals surface area contributed by atoms with Gasteiger partial charge in [0.15, 0.2) is 12.6 Å². The summed E-state index contributed by atoms with van der Waals surface area (Å²) in [7, 11) is 0. The zero-order chi connectivity index (χ0) is 20.8. The Kier molecular flexibility index (Phi) is 5.48. The van der Waals surface area contributed by atoms with E-state index >= 15 is 0 Å². The van der Waals surface area contributed by atoms with Gasteiger partial charge in [0.05, 0.1) is 11.1 Å². The highest BCUT2D eigenvalue weighted by Gasteiger charge is 2.54. The molecule has 154 valence electrons. The fourth-order valence-electron chi connectivity index (χ4n) is 5.89. The Morgan fingerprint density at radius 3 is 2.00 bits per heavy atom. The van der Waals surface area contributed by atoms with Gasteiger partial charge in [-0.3, -0.25) is 9.59 Å². The maximum Gasteiger partial charge on any atom is 0.157 e. The van der Waals surface area contributed by atoms with Crippen molar-refractivity contribution in [1.29, 1.82) is 0 Å². The van der Waals surface area contributed by atoms with E-state index in [0.29, 0.717) is 35.7 Å². The maximum atomic E-state index is 11.4. The number of fused-ring (bicyclic) bond motifs is 2. The third-order valence-corrected chi connectivity index (χ3v) is 7.52. The fourth-order valence-corrected chi connectivity index (χ4v) is 5.89. The van der Waals surface area contributed by atoms with Crippen molar-refractivity contribution in [3.05, 3.63) is 16.7 Å². The van der Waals surface area contributed by atoms with Crippen molar-refractivity contribution in [2.24, 2.45) is 29.1 Å². The van der Waals surface area contributed by atoms with Gasteiger partial charge in [0.2, 0.25) is 0 Å². The second-order valence-electron chi connectivity index (χ2n) is 9.78. The molecule has 3 aliphatic carbocycles. The molecule has 3 fully saturated rings. The molecule has 4 rings (SSSR count). The van der Waals surface area contributed by atoms with Crippen molar-refractivity contribution in [1.82, 2.24) is 0 Å². The molecule has 0 aliphatic heterocycles. The van der Waals surface area contributed by atoms with Crippen LogP contribution in [0.1, 0.15) is 92.0 Å². The molecule has 3 aliphatic rings. The normalized spacial score (nSPS) is 26.5. The van der Waals surface area contributed by atoms with Crippen LogP contribution < -0.4 is 0 Å². The smallest absolute Gasteiger partial charge is 0.157 e. The predicted octanol–water partition coefficient (Wildman–Crippen LogP) is 5.02. The highest BCUT2D eigenvalue weighted by molar-refractivity contribution is 5.94. The van der Waals surface area contributed by atoms with E-state index in [0.717, 1.165) is 25.2 Å². The van der Waals surface area contributed by atoms with Crippen LogP contribution in [0.25, 0.3) is 0 Å². The average molecular weight is 389 g/mol. The number of benzene rings is 1. The molecular formula is C23H32O5. The number of carbonyl (C=O) groups excluding carboxylic acids is 2. The minimum atomic E-state index is -0.660. The Bertz CT molecular complexity index is 743. The lowest BCUT2D eigenvalue weighted by atomic mass is 9.45. The molecular weight excluding hydrogens is 356 g/mol. The summed E-state index contributed by atoms with van der Waals surface area (Å²) in [6.07, 6.45) is 5.76. The van der Waals surface area contributed by atoms with Crippen LogP contribution in [0.3, 0.4) is 0 Å². The summed E-state index contributed by atoms with van der Waals surface area (Å²) in [5.41, 5.74) is -0.0886. The largest absolute Gasteiger partial charge is 0.507 e. The van der Waals surface area contributed by atoms with Gasteiger partial charge in [-0.15, -0.1) is 0 Å². The number of carbonyl (C=O) groups is 2. The van der Waals surface area contributed by atoms with Crippen LogP contribution in [0.2, 0.25) is 0 Å². The third-order valence-electron chi connectivity index (χ3n) is 7.52. The Labute approximate surface area is 166 Å². The number of aldehydes is 2. The molecule has 0 amide bonds. The number of phenols is 3. The predicted molar refractivity (Wildman–Crippen MR) is 107 cm³/mol. The third kappa shape index (κ3) is 3.19. The maximum absolute atomic E-state index is 11.4. The van der Waals surface area contributed by atoms with Crippen molar-refractivity contribution in [3.8, 4) is 17.2 Å². The van der Waals surface area contributed by atoms with Crippen LogP contribution in [0.4, 0.5) is 0 Å². The molecule has 5 nitrogen and oxygen atoms in total. The molecule has 3 saturated carbocycles. The van der Waals surface area contributed by atoms with Crippen molar-refractivity contribution in [2.75, 3.05) is 0 Å². The second kappa shape index (κ2) is 7.41. The molecule has 0 aromatic heterocycles. The highest BCUT2D eigenvalue weighted by Crippen LogP contribution is 2.63. The molecule has 5 heteroatoms. The molecule has 1 aromatic carbocycles. The lowest BCUT2D eigenvalue weighted by molar-refractivity contribution is -0.108. The number of hydrogen-bond acceptors (Lipinski definition) is 5. The van der Waals surface area contributed by atoms with E-state index in [4.69, 9.17) is 0 Å². The summed E-state index contributed by atoms with van der Waals surface area (Å²) in [4.78, 5) is 22.9. The number of aromatic hydroxyl groups is 3. The zero-order valence-corrected chi connectivity index (χ0v) is 17.2. The van der Waals surface area contributed by atoms with Crippen molar-refractivity contribution in [2.45, 2.75) is 65.7 Å². The minimum Gasteiger partial charge on any atom is -0.507 e. The molecule has 0 radical (unpaired) electrons. The molecule has 28 heavy (non-hydrogen) atoms. The molecule has 2 unspecified atom stereocenters. The molecule has 0 spiro atoms. The molecule has 0 heterocycles. The van der Waals surface area contributed by atoms with E-state index in [9.17, 15) is 24.9 Å². The monoisotopic (exact) mass is 388 g/mol. The number of hydrogen-bond donors (Lipinski definition) is 3. The van der Waals surface area contributed by atoms with E-state index in [-0.39, 0.29) is 22.6 Å². The standard InChI is InChI=1S/C23H32O5/c1-12(2)7-14(8-13-5-6-15-9-18(13)23(15,3)4)19-21(27)16(10-24)20(26)17(11-25)22(19)28/h10-15,18,26-28H,5-9H2,1-4H3/t13?,14-,15-,18?/m1/s1. The van der Waals surface area contributed by atoms with Gasteiger partial charge in [-0.25, -0.2) is 0 Å². The summed E-state index contributed by atoms with van der Waals surface area (Å²) in [5, 5.41) is 31.5. The van der Waals surface area contributed by atoms with Gasteiger partial charge >= 0.3 is 0 Å². The topological polar surface area (TPSA) is 94.8 Å². The molecule has 1 aromatic rings. The first-order valence-corrected chi connectivity index (χ1v) is 10.3. The van der Waals surface area contributed by atoms with E-state index in [1.807, 2.05) is 0 Å². The first kappa shape index (κ1) is 20.7. The Morgan fingerprint density at radius 1 is 1.00 bits per heavy atom. The van der Waals surface area contributed by atoms with Crippen molar-refractivity contribution >= 4 is 12.6 Å². The van der Waals surface area contributed by atoms with Gasteiger partial charge in [0.25, 0.3) is 0 Å². The summed E-state index contributed by atoms with van der Waals surface area (Å²) in [6, 6.07) is 0. The van der Waals surface area contributed by atoms with Gasteiger partial charge in [-0.1, -0.05) is 27.7 Å². The first-order valence-electron chi connectivity index (χ1n) is 10.3. The van der Waals surface area contributed by atoms with Crippen LogP contribution >= 0.6 is 0 Å². The molecule has 4 atom stereocenters. The van der Waals surface area contributed by atoms with Crippen LogP contribution in [-0.2, 0) is 0 Å². The SMILES string of the molecule is CC(C)C[C@H](CC1CC[C@@H]2CC1C2(C)C)c1c(O)c(C=O)c(O)c(C=O)c1O. The summed E-state index contributed by atoms with van der Waals surface area (Å²) >= 11 is 0. The van der Waals surface area contributed by atoms with E-state index < -0.39 is 17.2 Å². The van der Waals surface area contributed by atoms with E-state index in [1.54, 1.807) is 0 Å². The van der Waals surface area contributed by atoms with Crippen LogP contribution in [0.15, 0.2) is 0 Å². The van der Waals surface area contributed by atoms with Gasteiger partial charge in [-0.05, 0) is 67.1 Å². The molecule has 0 saturated heterocycles. The zero-order valence-electron chi connectivity index (χ0n) is 17.2. The Balaban J connectivity index is 2.03. The Hall–Kier alpha value is -2.04. The van der Waals surface area contributed by atoms with Gasteiger partial charge in [0.1, 0.15) is 17.2 Å². The summed E-state index contributed by atoms with van der Waals surface area (Å²) in [6.45, 7) is 8.82. The van der Waals surface area contributed by atoms with Crippen LogP contribution in [0.5, 0.6) is 17.2 Å². The quantitative estimate of drug-likeness (QED) is 0.570. The summed E-state index contributed by atoms with van der Waals surface area (Å²) in [5.74, 6) is 0.558. The summed E-state index contributed by atoms with van der Waals surface area (Å²) < 4.78 is 0. The van der Waals surface area contributed by atoms with Gasteiger partial charge in [-0.2, -0.15) is 0 Å². The van der Waals surface area contributed by atoms with Crippen LogP contribution in [0, 0.1) is 29.1 Å². The van der Waals surface area contributed by atoms with Crippen molar-refractivity contribution < 1.29 is 24.9 Å². The van der Waals surface area contributed by atoms with E-state index in [1.165, 1.54) is 12.8 Å². The fraction of sp³-hybridized carbons (Fsp3) is 0.652. The first-order chi connectivity index (χ1) is 13.1. The van der Waals surface area contributed by atoms with Gasteiger partial charge in [0, 0.05) is 5.56 Å². The average Bonchev–Trinajstić information content (AvgIpc) is 2.61. The van der Waals surface area contributed by atoms with Gasteiger partial charge < -0.3 is 15.3 Å². The lowest BCUT2D eigenvalue weighted by Crippen LogP contribution is -2.52. The Morgan fingerprint density at radius 2 is 1.57 bits per heavy atom. The molecule has 2 bridgehead atoms.